The van der Waals surface area contributed by atoms with Crippen molar-refractivity contribution in [2.75, 3.05) is 6.61 Å². The lowest BCUT2D eigenvalue weighted by Crippen LogP contribution is -1.96. The molecule has 0 heterocycles. The molecule has 0 amide bonds. The first kappa shape index (κ1) is 10.5. The Bertz CT molecular complexity index is 224. The van der Waals surface area contributed by atoms with Gasteiger partial charge in [0.25, 0.3) is 0 Å². The lowest BCUT2D eigenvalue weighted by molar-refractivity contribution is 0.283. The maximum Gasteiger partial charge on any atom is 0.215 e. The molecular weight excluding hydrogens is 183 g/mol. The summed E-state index contributed by atoms with van der Waals surface area (Å²) in [6, 6.07) is 9.70. The fraction of sp³-hybridized carbons (Fsp3) is 0.400. The predicted octanol–water partition coefficient (Wildman–Crippen LogP) is 3.25. The van der Waals surface area contributed by atoms with Gasteiger partial charge in [0, 0.05) is 0 Å². The van der Waals surface area contributed by atoms with E-state index in [1.807, 2.05) is 30.3 Å². The van der Waals surface area contributed by atoms with Crippen molar-refractivity contribution in [2.24, 2.45) is 5.92 Å². The minimum Gasteiger partial charge on any atom is -0.450 e. The second-order valence-electron chi connectivity index (χ2n) is 3.20. The molecule has 1 aromatic rings. The minimum absolute atomic E-state index is 0.102. The molecule has 0 aromatic heterocycles. The molecule has 0 spiro atoms. The van der Waals surface area contributed by atoms with Crippen LogP contribution in [0.25, 0.3) is 0 Å². The van der Waals surface area contributed by atoms with Crippen molar-refractivity contribution in [1.82, 2.24) is 0 Å². The molecule has 0 N–H and O–H groups in total. The van der Waals surface area contributed by atoms with Crippen LogP contribution < -0.4 is 4.52 Å². The topological polar surface area (TPSA) is 18.5 Å². The summed E-state index contributed by atoms with van der Waals surface area (Å²) in [5, 5.41) is 0. The van der Waals surface area contributed by atoms with Gasteiger partial charge in [-0.2, -0.15) is 0 Å². The number of hydrogen-bond donors (Lipinski definition) is 0. The third-order valence-corrected chi connectivity index (χ3v) is 1.98. The van der Waals surface area contributed by atoms with Crippen LogP contribution in [-0.4, -0.2) is 6.61 Å². The molecule has 0 saturated carbocycles. The van der Waals surface area contributed by atoms with E-state index in [-0.39, 0.29) is 9.03 Å². The number of hydrogen-bond acceptors (Lipinski definition) is 2. The van der Waals surface area contributed by atoms with Crippen LogP contribution in [0.15, 0.2) is 30.3 Å². The quantitative estimate of drug-likeness (QED) is 0.534. The van der Waals surface area contributed by atoms with Crippen molar-refractivity contribution >= 4 is 9.03 Å². The van der Waals surface area contributed by atoms with Gasteiger partial charge < -0.3 is 9.05 Å². The molecule has 0 saturated heterocycles. The Morgan fingerprint density at radius 1 is 1.23 bits per heavy atom. The van der Waals surface area contributed by atoms with E-state index in [4.69, 9.17) is 9.05 Å². The SMILES string of the molecule is CC(C)COPOc1ccccc1. The highest BCUT2D eigenvalue weighted by Crippen LogP contribution is 2.21. The highest BCUT2D eigenvalue weighted by Gasteiger charge is 1.94. The normalized spacial score (nSPS) is 11.3. The van der Waals surface area contributed by atoms with Gasteiger partial charge >= 0.3 is 0 Å². The van der Waals surface area contributed by atoms with E-state index in [0.29, 0.717) is 5.92 Å². The van der Waals surface area contributed by atoms with E-state index < -0.39 is 0 Å². The molecule has 0 radical (unpaired) electrons. The molecule has 3 heteroatoms. The second-order valence-corrected chi connectivity index (χ2v) is 3.86. The van der Waals surface area contributed by atoms with Gasteiger partial charge in [0.2, 0.25) is 9.03 Å². The number of benzene rings is 1. The van der Waals surface area contributed by atoms with Crippen molar-refractivity contribution in [1.29, 1.82) is 0 Å². The van der Waals surface area contributed by atoms with E-state index in [1.54, 1.807) is 0 Å². The summed E-state index contributed by atoms with van der Waals surface area (Å²) in [6.07, 6.45) is 0. The largest absolute Gasteiger partial charge is 0.450 e. The molecule has 1 rings (SSSR count). The van der Waals surface area contributed by atoms with Gasteiger partial charge in [-0.25, -0.2) is 0 Å². The van der Waals surface area contributed by atoms with E-state index in [1.165, 1.54) is 0 Å². The van der Waals surface area contributed by atoms with E-state index in [0.717, 1.165) is 12.4 Å². The lowest BCUT2D eigenvalue weighted by Gasteiger charge is -2.07. The third kappa shape index (κ3) is 4.87. The number of rotatable bonds is 5. The average molecular weight is 198 g/mol. The molecule has 13 heavy (non-hydrogen) atoms. The van der Waals surface area contributed by atoms with Gasteiger partial charge in [0.15, 0.2) is 0 Å². The zero-order valence-electron chi connectivity index (χ0n) is 7.99. The third-order valence-electron chi connectivity index (χ3n) is 1.38. The molecule has 1 aromatic carbocycles. The van der Waals surface area contributed by atoms with E-state index >= 15 is 0 Å². The summed E-state index contributed by atoms with van der Waals surface area (Å²) in [4.78, 5) is 0. The Kier molecular flexibility index (Phi) is 4.81. The summed E-state index contributed by atoms with van der Waals surface area (Å²) in [7, 11) is 0.102. The molecule has 1 atom stereocenters. The van der Waals surface area contributed by atoms with Crippen LogP contribution in [0.3, 0.4) is 0 Å². The Labute approximate surface area is 81.2 Å². The van der Waals surface area contributed by atoms with Crippen molar-refractivity contribution in [3.05, 3.63) is 30.3 Å². The Morgan fingerprint density at radius 2 is 1.92 bits per heavy atom. The zero-order chi connectivity index (χ0) is 9.52. The van der Waals surface area contributed by atoms with Gasteiger partial charge in [0.05, 0.1) is 6.61 Å². The summed E-state index contributed by atoms with van der Waals surface area (Å²) in [5.41, 5.74) is 0. The van der Waals surface area contributed by atoms with Crippen LogP contribution in [-0.2, 0) is 4.52 Å². The molecule has 0 bridgehead atoms. The monoisotopic (exact) mass is 198 g/mol. The maximum absolute atomic E-state index is 5.36. The fourth-order valence-electron chi connectivity index (χ4n) is 0.767. The highest BCUT2D eigenvalue weighted by atomic mass is 31.1. The first-order valence-corrected chi connectivity index (χ1v) is 5.19. The highest BCUT2D eigenvalue weighted by molar-refractivity contribution is 7.26. The minimum atomic E-state index is 0.102. The standard InChI is InChI=1S/C10H15O2P/c1-9(2)8-11-13-12-10-6-4-3-5-7-10/h3-7,9,13H,8H2,1-2H3. The van der Waals surface area contributed by atoms with Crippen LogP contribution in [0, 0.1) is 5.92 Å². The van der Waals surface area contributed by atoms with Crippen LogP contribution in [0.2, 0.25) is 0 Å². The molecule has 0 fully saturated rings. The molecule has 1 unspecified atom stereocenters. The molecule has 0 aliphatic rings. The Morgan fingerprint density at radius 3 is 2.54 bits per heavy atom. The van der Waals surface area contributed by atoms with Gasteiger partial charge in [-0.05, 0) is 18.1 Å². The predicted molar refractivity (Wildman–Crippen MR) is 56.2 cm³/mol. The second kappa shape index (κ2) is 5.95. The van der Waals surface area contributed by atoms with Crippen LogP contribution in [0.1, 0.15) is 13.8 Å². The van der Waals surface area contributed by atoms with Crippen LogP contribution >= 0.6 is 9.03 Å². The Hall–Kier alpha value is -0.590. The van der Waals surface area contributed by atoms with E-state index in [9.17, 15) is 0 Å². The van der Waals surface area contributed by atoms with Crippen molar-refractivity contribution in [3.8, 4) is 5.75 Å². The summed E-state index contributed by atoms with van der Waals surface area (Å²) >= 11 is 0. The Balaban J connectivity index is 2.13. The summed E-state index contributed by atoms with van der Waals surface area (Å²) < 4.78 is 10.7. The molecule has 72 valence electrons. The average Bonchev–Trinajstić information content (AvgIpc) is 2.14. The molecule has 0 aliphatic carbocycles. The summed E-state index contributed by atoms with van der Waals surface area (Å²) in [6.45, 7) is 4.99. The first-order valence-electron chi connectivity index (χ1n) is 4.37. The summed E-state index contributed by atoms with van der Waals surface area (Å²) in [5.74, 6) is 1.43. The molecular formula is C10H15O2P. The molecule has 0 aliphatic heterocycles. The fourth-order valence-corrected chi connectivity index (χ4v) is 1.46. The number of para-hydroxylation sites is 1. The van der Waals surface area contributed by atoms with Crippen molar-refractivity contribution in [3.63, 3.8) is 0 Å². The zero-order valence-corrected chi connectivity index (χ0v) is 8.99. The van der Waals surface area contributed by atoms with Gasteiger partial charge in [0.1, 0.15) is 5.75 Å². The van der Waals surface area contributed by atoms with Crippen LogP contribution in [0.5, 0.6) is 5.75 Å². The van der Waals surface area contributed by atoms with Crippen LogP contribution in [0.4, 0.5) is 0 Å². The van der Waals surface area contributed by atoms with Gasteiger partial charge in [-0.3, -0.25) is 0 Å². The van der Waals surface area contributed by atoms with Crippen molar-refractivity contribution in [2.45, 2.75) is 13.8 Å². The van der Waals surface area contributed by atoms with E-state index in [2.05, 4.69) is 13.8 Å². The lowest BCUT2D eigenvalue weighted by atomic mass is 10.2. The van der Waals surface area contributed by atoms with Gasteiger partial charge in [-0.15, -0.1) is 0 Å². The smallest absolute Gasteiger partial charge is 0.215 e. The molecule has 2 nitrogen and oxygen atoms in total. The van der Waals surface area contributed by atoms with Crippen molar-refractivity contribution < 1.29 is 9.05 Å². The maximum atomic E-state index is 5.36. The first-order chi connectivity index (χ1) is 6.29. The van der Waals surface area contributed by atoms with Gasteiger partial charge in [-0.1, -0.05) is 32.0 Å².